The highest BCUT2D eigenvalue weighted by atomic mass is 79.9. The van der Waals surface area contributed by atoms with Gasteiger partial charge in [-0.2, -0.15) is 0 Å². The van der Waals surface area contributed by atoms with Gasteiger partial charge in [0.05, 0.1) is 24.9 Å². The Hall–Kier alpha value is -0.810. The Labute approximate surface area is 116 Å². The highest BCUT2D eigenvalue weighted by Gasteiger charge is 2.36. The summed E-state index contributed by atoms with van der Waals surface area (Å²) in [5.41, 5.74) is 1.13. The number of nitrogens with zero attached hydrogens (tertiary/aromatic N) is 2. The first-order valence-electron chi connectivity index (χ1n) is 6.53. The molecule has 2 aliphatic heterocycles. The van der Waals surface area contributed by atoms with Crippen LogP contribution >= 0.6 is 15.9 Å². The van der Waals surface area contributed by atoms with E-state index in [1.54, 1.807) is 0 Å². The van der Waals surface area contributed by atoms with E-state index in [1.807, 2.05) is 6.20 Å². The van der Waals surface area contributed by atoms with Gasteiger partial charge in [-0.15, -0.1) is 0 Å². The van der Waals surface area contributed by atoms with Crippen molar-refractivity contribution in [2.45, 2.75) is 19.4 Å². The molecule has 0 amide bonds. The van der Waals surface area contributed by atoms with Crippen LogP contribution in [-0.4, -0.2) is 37.3 Å². The molecule has 98 valence electrons. The van der Waals surface area contributed by atoms with Crippen molar-refractivity contribution in [3.05, 3.63) is 16.7 Å². The molecule has 0 bridgehead atoms. The Morgan fingerprint density at radius 1 is 1.56 bits per heavy atom. The number of fused-ring (bicyclic) bond motifs is 2. The molecule has 2 aliphatic rings. The summed E-state index contributed by atoms with van der Waals surface area (Å²) in [6.45, 7) is 5.89. The Balaban J connectivity index is 2.00. The van der Waals surface area contributed by atoms with Crippen LogP contribution < -0.4 is 10.2 Å². The van der Waals surface area contributed by atoms with Crippen LogP contribution in [0.15, 0.2) is 16.7 Å². The topological polar surface area (TPSA) is 37.4 Å². The van der Waals surface area contributed by atoms with Gasteiger partial charge in [-0.3, -0.25) is 0 Å². The molecule has 1 saturated heterocycles. The van der Waals surface area contributed by atoms with E-state index in [-0.39, 0.29) is 0 Å². The molecular weight excluding hydrogens is 294 g/mol. The minimum Gasteiger partial charge on any atom is -0.382 e. The number of hydrogen-bond acceptors (Lipinski definition) is 4. The van der Waals surface area contributed by atoms with Crippen molar-refractivity contribution >= 4 is 27.4 Å². The summed E-state index contributed by atoms with van der Waals surface area (Å²) in [6.07, 6.45) is 3.00. The molecular formula is C13H18BrN3O. The van der Waals surface area contributed by atoms with Gasteiger partial charge in [0.25, 0.3) is 0 Å². The summed E-state index contributed by atoms with van der Waals surface area (Å²) in [6, 6.07) is 2.58. The van der Waals surface area contributed by atoms with Crippen LogP contribution in [0.5, 0.6) is 0 Å². The SMILES string of the molecule is CCCN1c2ncc(Br)cc2NCC2COCC21. The number of nitrogens with one attached hydrogen (secondary N) is 1. The van der Waals surface area contributed by atoms with Crippen molar-refractivity contribution in [1.82, 2.24) is 4.98 Å². The van der Waals surface area contributed by atoms with Gasteiger partial charge in [-0.25, -0.2) is 4.98 Å². The van der Waals surface area contributed by atoms with Crippen LogP contribution in [0.25, 0.3) is 0 Å². The molecule has 4 nitrogen and oxygen atoms in total. The fraction of sp³-hybridized carbons (Fsp3) is 0.615. The van der Waals surface area contributed by atoms with Crippen LogP contribution in [0.3, 0.4) is 0 Å². The monoisotopic (exact) mass is 311 g/mol. The van der Waals surface area contributed by atoms with E-state index in [0.29, 0.717) is 12.0 Å². The van der Waals surface area contributed by atoms with E-state index in [4.69, 9.17) is 4.74 Å². The van der Waals surface area contributed by atoms with Gasteiger partial charge in [0.15, 0.2) is 5.82 Å². The Bertz CT molecular complexity index is 440. The molecule has 2 atom stereocenters. The fourth-order valence-electron chi connectivity index (χ4n) is 2.83. The standard InChI is InChI=1S/C13H18BrN3O/c1-2-3-17-12-8-18-7-9(12)5-15-11-4-10(14)6-16-13(11)17/h4,6,9,12,15H,2-3,5,7-8H2,1H3. The molecule has 3 heterocycles. The number of hydrogen-bond donors (Lipinski definition) is 1. The fourth-order valence-corrected chi connectivity index (χ4v) is 3.16. The molecule has 1 aromatic rings. The van der Waals surface area contributed by atoms with Gasteiger partial charge < -0.3 is 15.0 Å². The van der Waals surface area contributed by atoms with E-state index in [0.717, 1.165) is 48.7 Å². The zero-order chi connectivity index (χ0) is 12.5. The van der Waals surface area contributed by atoms with Gasteiger partial charge in [0, 0.05) is 29.7 Å². The summed E-state index contributed by atoms with van der Waals surface area (Å²) in [5, 5.41) is 3.51. The number of halogens is 1. The van der Waals surface area contributed by atoms with Crippen molar-refractivity contribution in [3.8, 4) is 0 Å². The third-order valence-corrected chi connectivity index (χ3v) is 4.12. The Kier molecular flexibility index (Phi) is 3.43. The van der Waals surface area contributed by atoms with Crippen LogP contribution in [0.1, 0.15) is 13.3 Å². The second-order valence-corrected chi connectivity index (χ2v) is 5.88. The van der Waals surface area contributed by atoms with Gasteiger partial charge in [-0.05, 0) is 28.4 Å². The zero-order valence-electron chi connectivity index (χ0n) is 10.5. The van der Waals surface area contributed by atoms with E-state index < -0.39 is 0 Å². The minimum atomic E-state index is 0.465. The molecule has 0 spiro atoms. The lowest BCUT2D eigenvalue weighted by atomic mass is 10.0. The minimum absolute atomic E-state index is 0.465. The second kappa shape index (κ2) is 5.05. The van der Waals surface area contributed by atoms with Crippen LogP contribution in [0.2, 0.25) is 0 Å². The zero-order valence-corrected chi connectivity index (χ0v) is 12.1. The van der Waals surface area contributed by atoms with Gasteiger partial charge >= 0.3 is 0 Å². The number of rotatable bonds is 2. The first kappa shape index (κ1) is 12.2. The maximum atomic E-state index is 5.64. The smallest absolute Gasteiger partial charge is 0.152 e. The van der Waals surface area contributed by atoms with Crippen molar-refractivity contribution < 1.29 is 4.74 Å². The lowest BCUT2D eigenvalue weighted by Gasteiger charge is -2.30. The van der Waals surface area contributed by atoms with E-state index in [2.05, 4.69) is 44.1 Å². The molecule has 0 radical (unpaired) electrons. The molecule has 18 heavy (non-hydrogen) atoms. The average Bonchev–Trinajstić information content (AvgIpc) is 2.77. The number of ether oxygens (including phenoxy) is 1. The predicted molar refractivity (Wildman–Crippen MR) is 76.2 cm³/mol. The lowest BCUT2D eigenvalue weighted by Crippen LogP contribution is -2.41. The number of aromatic nitrogens is 1. The third kappa shape index (κ3) is 2.10. The second-order valence-electron chi connectivity index (χ2n) is 4.96. The van der Waals surface area contributed by atoms with E-state index in [1.165, 1.54) is 0 Å². The van der Waals surface area contributed by atoms with Crippen LogP contribution in [0.4, 0.5) is 11.5 Å². The summed E-state index contributed by atoms with van der Waals surface area (Å²) in [4.78, 5) is 7.02. The Morgan fingerprint density at radius 3 is 3.28 bits per heavy atom. The van der Waals surface area contributed by atoms with Crippen molar-refractivity contribution in [2.75, 3.05) is 36.5 Å². The van der Waals surface area contributed by atoms with Crippen molar-refractivity contribution in [1.29, 1.82) is 0 Å². The number of pyridine rings is 1. The third-order valence-electron chi connectivity index (χ3n) is 3.69. The lowest BCUT2D eigenvalue weighted by molar-refractivity contribution is 0.185. The molecule has 0 aromatic carbocycles. The highest BCUT2D eigenvalue weighted by molar-refractivity contribution is 9.10. The Morgan fingerprint density at radius 2 is 2.44 bits per heavy atom. The molecule has 1 aromatic heterocycles. The van der Waals surface area contributed by atoms with Crippen LogP contribution in [-0.2, 0) is 4.74 Å². The normalized spacial score (nSPS) is 26.2. The van der Waals surface area contributed by atoms with Crippen LogP contribution in [0, 0.1) is 5.92 Å². The van der Waals surface area contributed by atoms with Gasteiger partial charge in [0.2, 0.25) is 0 Å². The molecule has 0 saturated carbocycles. The van der Waals surface area contributed by atoms with Crippen molar-refractivity contribution in [2.24, 2.45) is 5.92 Å². The maximum absolute atomic E-state index is 5.64. The number of anilines is 2. The quantitative estimate of drug-likeness (QED) is 0.910. The molecule has 1 N–H and O–H groups in total. The molecule has 1 fully saturated rings. The molecule has 5 heteroatoms. The summed E-state index contributed by atoms with van der Waals surface area (Å²) in [5.74, 6) is 1.63. The molecule has 0 aliphatic carbocycles. The van der Waals surface area contributed by atoms with Gasteiger partial charge in [-0.1, -0.05) is 6.92 Å². The highest BCUT2D eigenvalue weighted by Crippen LogP contribution is 2.34. The van der Waals surface area contributed by atoms with Gasteiger partial charge in [0.1, 0.15) is 0 Å². The largest absolute Gasteiger partial charge is 0.382 e. The average molecular weight is 312 g/mol. The molecule has 3 rings (SSSR count). The van der Waals surface area contributed by atoms with E-state index >= 15 is 0 Å². The van der Waals surface area contributed by atoms with Crippen molar-refractivity contribution in [3.63, 3.8) is 0 Å². The maximum Gasteiger partial charge on any atom is 0.152 e. The summed E-state index contributed by atoms with van der Waals surface area (Å²) in [7, 11) is 0. The summed E-state index contributed by atoms with van der Waals surface area (Å²) < 4.78 is 6.67. The van der Waals surface area contributed by atoms with E-state index in [9.17, 15) is 0 Å². The summed E-state index contributed by atoms with van der Waals surface area (Å²) >= 11 is 3.49. The predicted octanol–water partition coefficient (Wildman–Crippen LogP) is 2.50. The first-order valence-corrected chi connectivity index (χ1v) is 7.32. The first-order chi connectivity index (χ1) is 8.79. The molecule has 2 unspecified atom stereocenters.